The maximum absolute atomic E-state index is 10.1. The predicted molar refractivity (Wildman–Crippen MR) is 78.4 cm³/mol. The molecule has 112 valence electrons. The van der Waals surface area contributed by atoms with E-state index in [0.717, 1.165) is 31.9 Å². The minimum absolute atomic E-state index is 0.286. The number of aliphatic hydroxyl groups is 1. The first-order valence-corrected chi connectivity index (χ1v) is 7.25. The molecule has 0 amide bonds. The highest BCUT2D eigenvalue weighted by Gasteiger charge is 2.15. The first kappa shape index (κ1) is 15.1. The molecule has 1 atom stereocenters. The molecule has 0 aliphatic carbocycles. The van der Waals surface area contributed by atoms with Gasteiger partial charge in [0, 0.05) is 32.7 Å². The van der Waals surface area contributed by atoms with Crippen LogP contribution in [0.4, 0.5) is 0 Å². The number of ether oxygens (including phenoxy) is 2. The summed E-state index contributed by atoms with van der Waals surface area (Å²) in [6.45, 7) is 7.41. The molecule has 0 saturated carbocycles. The Hall–Kier alpha value is -1.30. The van der Waals surface area contributed by atoms with Crippen LogP contribution in [0.5, 0.6) is 11.5 Å². The lowest BCUT2D eigenvalue weighted by atomic mass is 10.3. The third kappa shape index (κ3) is 4.67. The van der Waals surface area contributed by atoms with E-state index in [1.807, 2.05) is 31.2 Å². The van der Waals surface area contributed by atoms with Crippen molar-refractivity contribution in [2.24, 2.45) is 0 Å². The quantitative estimate of drug-likeness (QED) is 0.771. The Morgan fingerprint density at radius 3 is 2.50 bits per heavy atom. The predicted octanol–water partition coefficient (Wildman–Crippen LogP) is 0.730. The molecule has 20 heavy (non-hydrogen) atoms. The number of nitrogens with one attached hydrogen (secondary N) is 1. The van der Waals surface area contributed by atoms with Gasteiger partial charge in [0.15, 0.2) is 11.5 Å². The summed E-state index contributed by atoms with van der Waals surface area (Å²) in [6, 6.07) is 7.56. The van der Waals surface area contributed by atoms with E-state index < -0.39 is 6.10 Å². The van der Waals surface area contributed by atoms with Gasteiger partial charge in [-0.1, -0.05) is 12.1 Å². The van der Waals surface area contributed by atoms with E-state index in [1.165, 1.54) is 0 Å². The van der Waals surface area contributed by atoms with Crippen molar-refractivity contribution in [1.82, 2.24) is 10.2 Å². The molecule has 1 saturated heterocycles. The van der Waals surface area contributed by atoms with Crippen LogP contribution in [0.2, 0.25) is 0 Å². The Kier molecular flexibility index (Phi) is 6.11. The van der Waals surface area contributed by atoms with Gasteiger partial charge >= 0.3 is 0 Å². The molecule has 2 rings (SSSR count). The Bertz CT molecular complexity index is 394. The fraction of sp³-hybridized carbons (Fsp3) is 0.600. The lowest BCUT2D eigenvalue weighted by Gasteiger charge is -2.29. The fourth-order valence-electron chi connectivity index (χ4n) is 2.27. The van der Waals surface area contributed by atoms with Crippen LogP contribution in [0.15, 0.2) is 24.3 Å². The minimum atomic E-state index is -0.484. The molecule has 1 fully saturated rings. The second-order valence-electron chi connectivity index (χ2n) is 4.90. The molecule has 0 aromatic heterocycles. The number of nitrogens with zero attached hydrogens (tertiary/aromatic N) is 1. The SMILES string of the molecule is CCOc1ccccc1OCC(O)CN1CCNCC1. The highest BCUT2D eigenvalue weighted by Crippen LogP contribution is 2.26. The Morgan fingerprint density at radius 2 is 1.85 bits per heavy atom. The molecule has 0 bridgehead atoms. The lowest BCUT2D eigenvalue weighted by molar-refractivity contribution is 0.0630. The third-order valence-corrected chi connectivity index (χ3v) is 3.26. The van der Waals surface area contributed by atoms with Gasteiger partial charge in [-0.25, -0.2) is 0 Å². The zero-order chi connectivity index (χ0) is 14.2. The number of β-amino-alcohol motifs (C(OH)–C–C–N with tert-alkyl or cyclic N) is 1. The van der Waals surface area contributed by atoms with E-state index in [2.05, 4.69) is 10.2 Å². The molecule has 1 aromatic rings. The first-order chi connectivity index (χ1) is 9.79. The van der Waals surface area contributed by atoms with Crippen molar-refractivity contribution < 1.29 is 14.6 Å². The number of benzene rings is 1. The van der Waals surface area contributed by atoms with Crippen LogP contribution in [0, 0.1) is 0 Å². The number of aliphatic hydroxyl groups excluding tert-OH is 1. The van der Waals surface area contributed by atoms with Crippen LogP contribution < -0.4 is 14.8 Å². The minimum Gasteiger partial charge on any atom is -0.490 e. The summed E-state index contributed by atoms with van der Waals surface area (Å²) < 4.78 is 11.2. The van der Waals surface area contributed by atoms with Crippen molar-refractivity contribution in [3.63, 3.8) is 0 Å². The lowest BCUT2D eigenvalue weighted by Crippen LogP contribution is -2.47. The second kappa shape index (κ2) is 8.09. The van der Waals surface area contributed by atoms with E-state index in [0.29, 0.717) is 18.9 Å². The number of piperazine rings is 1. The highest BCUT2D eigenvalue weighted by molar-refractivity contribution is 5.39. The summed E-state index contributed by atoms with van der Waals surface area (Å²) in [7, 11) is 0. The molecule has 1 aliphatic rings. The second-order valence-corrected chi connectivity index (χ2v) is 4.90. The molecule has 1 unspecified atom stereocenters. The molecule has 0 spiro atoms. The fourth-order valence-corrected chi connectivity index (χ4v) is 2.27. The maximum atomic E-state index is 10.1. The molecule has 1 heterocycles. The topological polar surface area (TPSA) is 54.0 Å². The summed E-state index contributed by atoms with van der Waals surface area (Å²) in [6.07, 6.45) is -0.484. The van der Waals surface area contributed by atoms with Crippen LogP contribution in [0.3, 0.4) is 0 Å². The van der Waals surface area contributed by atoms with Crippen molar-refractivity contribution in [3.8, 4) is 11.5 Å². The van der Waals surface area contributed by atoms with Gasteiger partial charge in [-0.05, 0) is 19.1 Å². The van der Waals surface area contributed by atoms with Gasteiger partial charge in [0.25, 0.3) is 0 Å². The number of rotatable bonds is 7. The average Bonchev–Trinajstić information content (AvgIpc) is 2.48. The van der Waals surface area contributed by atoms with Crippen molar-refractivity contribution in [2.75, 3.05) is 45.9 Å². The van der Waals surface area contributed by atoms with Gasteiger partial charge in [-0.3, -0.25) is 4.90 Å². The van der Waals surface area contributed by atoms with Crippen LogP contribution in [-0.4, -0.2) is 62.0 Å². The van der Waals surface area contributed by atoms with E-state index in [9.17, 15) is 5.11 Å². The highest BCUT2D eigenvalue weighted by atomic mass is 16.5. The maximum Gasteiger partial charge on any atom is 0.161 e. The Balaban J connectivity index is 1.78. The summed E-state index contributed by atoms with van der Waals surface area (Å²) in [5.74, 6) is 1.41. The Labute approximate surface area is 120 Å². The largest absolute Gasteiger partial charge is 0.490 e. The zero-order valence-corrected chi connectivity index (χ0v) is 12.0. The zero-order valence-electron chi connectivity index (χ0n) is 12.0. The molecule has 0 radical (unpaired) electrons. The smallest absolute Gasteiger partial charge is 0.161 e. The molecule has 5 heteroatoms. The average molecular weight is 280 g/mol. The normalized spacial score (nSPS) is 17.7. The molecule has 1 aliphatic heterocycles. The van der Waals surface area contributed by atoms with Gasteiger partial charge in [0.2, 0.25) is 0 Å². The van der Waals surface area contributed by atoms with Gasteiger partial charge in [0.1, 0.15) is 12.7 Å². The van der Waals surface area contributed by atoms with Gasteiger partial charge in [0.05, 0.1) is 6.61 Å². The first-order valence-electron chi connectivity index (χ1n) is 7.25. The number of hydrogen-bond acceptors (Lipinski definition) is 5. The van der Waals surface area contributed by atoms with Crippen molar-refractivity contribution in [3.05, 3.63) is 24.3 Å². The van der Waals surface area contributed by atoms with Crippen LogP contribution >= 0.6 is 0 Å². The van der Waals surface area contributed by atoms with Gasteiger partial charge < -0.3 is 19.9 Å². The number of para-hydroxylation sites is 2. The van der Waals surface area contributed by atoms with Crippen molar-refractivity contribution >= 4 is 0 Å². The summed E-state index contributed by atoms with van der Waals surface area (Å²) >= 11 is 0. The number of hydrogen-bond donors (Lipinski definition) is 2. The van der Waals surface area contributed by atoms with E-state index in [-0.39, 0.29) is 6.61 Å². The summed E-state index contributed by atoms with van der Waals surface area (Å²) in [4.78, 5) is 2.25. The summed E-state index contributed by atoms with van der Waals surface area (Å²) in [5, 5.41) is 13.4. The van der Waals surface area contributed by atoms with E-state index >= 15 is 0 Å². The monoisotopic (exact) mass is 280 g/mol. The van der Waals surface area contributed by atoms with Crippen LogP contribution in [0.25, 0.3) is 0 Å². The van der Waals surface area contributed by atoms with E-state index in [1.54, 1.807) is 0 Å². The molecule has 2 N–H and O–H groups in total. The van der Waals surface area contributed by atoms with Gasteiger partial charge in [-0.2, -0.15) is 0 Å². The molecule has 5 nitrogen and oxygen atoms in total. The molecule has 1 aromatic carbocycles. The van der Waals surface area contributed by atoms with Crippen LogP contribution in [-0.2, 0) is 0 Å². The molecular formula is C15H24N2O3. The summed E-state index contributed by atoms with van der Waals surface area (Å²) in [5.41, 5.74) is 0. The van der Waals surface area contributed by atoms with Crippen LogP contribution in [0.1, 0.15) is 6.92 Å². The Morgan fingerprint density at radius 1 is 1.20 bits per heavy atom. The van der Waals surface area contributed by atoms with Gasteiger partial charge in [-0.15, -0.1) is 0 Å². The van der Waals surface area contributed by atoms with E-state index in [4.69, 9.17) is 9.47 Å². The standard InChI is InChI=1S/C15H24N2O3/c1-2-19-14-5-3-4-6-15(14)20-12-13(18)11-17-9-7-16-8-10-17/h3-6,13,16,18H,2,7-12H2,1H3. The van der Waals surface area contributed by atoms with Crippen molar-refractivity contribution in [1.29, 1.82) is 0 Å². The third-order valence-electron chi connectivity index (χ3n) is 3.26. The molecular weight excluding hydrogens is 256 g/mol. The van der Waals surface area contributed by atoms with Crippen molar-refractivity contribution in [2.45, 2.75) is 13.0 Å².